The first-order chi connectivity index (χ1) is 13.2. The topological polar surface area (TPSA) is 91.7 Å². The standard InChI is InChI=1S/C18H21F2N3O5/c1-10(2)23-15(7-8-21-23)22-16(24)11(3)27-17(25)12-5-6-13(28-18(19)20)14(9-12)26-4/h5-11,18H,1-4H3,(H,22,24)/t11-/m1/s1. The molecule has 0 saturated heterocycles. The molecule has 0 fully saturated rings. The number of esters is 1. The monoisotopic (exact) mass is 397 g/mol. The van der Waals surface area contributed by atoms with Crippen LogP contribution in [0.15, 0.2) is 30.5 Å². The van der Waals surface area contributed by atoms with Crippen molar-refractivity contribution < 1.29 is 32.6 Å². The van der Waals surface area contributed by atoms with Gasteiger partial charge in [0.2, 0.25) is 0 Å². The van der Waals surface area contributed by atoms with E-state index in [1.54, 1.807) is 16.9 Å². The first-order valence-corrected chi connectivity index (χ1v) is 8.41. The molecule has 2 aromatic rings. The Bertz CT molecular complexity index is 838. The van der Waals surface area contributed by atoms with Crippen molar-refractivity contribution in [3.63, 3.8) is 0 Å². The summed E-state index contributed by atoms with van der Waals surface area (Å²) >= 11 is 0. The molecule has 0 aliphatic carbocycles. The Morgan fingerprint density at radius 2 is 1.86 bits per heavy atom. The highest BCUT2D eigenvalue weighted by atomic mass is 19.3. The van der Waals surface area contributed by atoms with Gasteiger partial charge in [-0.25, -0.2) is 9.48 Å². The Labute approximate surface area is 160 Å². The average molecular weight is 397 g/mol. The highest BCUT2D eigenvalue weighted by molar-refractivity contribution is 5.97. The Morgan fingerprint density at radius 3 is 2.46 bits per heavy atom. The number of carbonyl (C=O) groups excluding carboxylic acids is 2. The number of alkyl halides is 2. The summed E-state index contributed by atoms with van der Waals surface area (Å²) in [6, 6.07) is 5.25. The molecule has 1 atom stereocenters. The van der Waals surface area contributed by atoms with Crippen LogP contribution in [0.4, 0.5) is 14.6 Å². The van der Waals surface area contributed by atoms with E-state index in [-0.39, 0.29) is 23.1 Å². The fourth-order valence-corrected chi connectivity index (χ4v) is 2.32. The van der Waals surface area contributed by atoms with Gasteiger partial charge in [0.15, 0.2) is 17.6 Å². The summed E-state index contributed by atoms with van der Waals surface area (Å²) < 4.78 is 40.7. The van der Waals surface area contributed by atoms with E-state index in [2.05, 4.69) is 15.2 Å². The van der Waals surface area contributed by atoms with Gasteiger partial charge in [-0.05, 0) is 39.0 Å². The summed E-state index contributed by atoms with van der Waals surface area (Å²) in [6.45, 7) is 2.19. The van der Waals surface area contributed by atoms with Gasteiger partial charge in [0.25, 0.3) is 5.91 Å². The maximum absolute atomic E-state index is 12.4. The number of carbonyl (C=O) groups is 2. The second-order valence-electron chi connectivity index (χ2n) is 6.04. The zero-order valence-corrected chi connectivity index (χ0v) is 15.8. The zero-order chi connectivity index (χ0) is 20.8. The first-order valence-electron chi connectivity index (χ1n) is 8.41. The number of methoxy groups -OCH3 is 1. The van der Waals surface area contributed by atoms with Crippen LogP contribution in [0.1, 0.15) is 37.2 Å². The van der Waals surface area contributed by atoms with Crippen molar-refractivity contribution in [3.8, 4) is 11.5 Å². The Morgan fingerprint density at radius 1 is 1.14 bits per heavy atom. The number of anilines is 1. The molecule has 1 N–H and O–H groups in total. The minimum absolute atomic E-state index is 0.0188. The summed E-state index contributed by atoms with van der Waals surface area (Å²) in [4.78, 5) is 24.6. The van der Waals surface area contributed by atoms with Gasteiger partial charge in [0.05, 0.1) is 18.9 Å². The van der Waals surface area contributed by atoms with E-state index in [4.69, 9.17) is 9.47 Å². The number of rotatable bonds is 8. The van der Waals surface area contributed by atoms with Crippen LogP contribution in [0.25, 0.3) is 0 Å². The molecule has 0 spiro atoms. The van der Waals surface area contributed by atoms with E-state index >= 15 is 0 Å². The van der Waals surface area contributed by atoms with Crippen LogP contribution in [-0.4, -0.2) is 41.5 Å². The molecule has 1 aromatic carbocycles. The lowest BCUT2D eigenvalue weighted by atomic mass is 10.2. The Balaban J connectivity index is 2.05. The predicted octanol–water partition coefficient (Wildman–Crippen LogP) is 3.26. The van der Waals surface area contributed by atoms with Gasteiger partial charge in [0.1, 0.15) is 5.82 Å². The van der Waals surface area contributed by atoms with Gasteiger partial charge in [-0.2, -0.15) is 13.9 Å². The normalized spacial score (nSPS) is 12.0. The molecule has 0 saturated carbocycles. The number of hydrogen-bond donors (Lipinski definition) is 1. The Hall–Kier alpha value is -3.17. The average Bonchev–Trinajstić information content (AvgIpc) is 3.09. The largest absolute Gasteiger partial charge is 0.493 e. The van der Waals surface area contributed by atoms with Crippen LogP contribution >= 0.6 is 0 Å². The minimum atomic E-state index is -3.03. The van der Waals surface area contributed by atoms with Gasteiger partial charge in [-0.3, -0.25) is 4.79 Å². The third kappa shape index (κ3) is 5.18. The van der Waals surface area contributed by atoms with E-state index in [1.807, 2.05) is 13.8 Å². The lowest BCUT2D eigenvalue weighted by Crippen LogP contribution is -2.31. The summed E-state index contributed by atoms with van der Waals surface area (Å²) in [5, 5.41) is 6.74. The maximum atomic E-state index is 12.4. The Kier molecular flexibility index (Phi) is 6.91. The number of ether oxygens (including phenoxy) is 3. The molecule has 10 heteroatoms. The molecule has 8 nitrogen and oxygen atoms in total. The van der Waals surface area contributed by atoms with E-state index in [1.165, 1.54) is 26.2 Å². The van der Waals surface area contributed by atoms with E-state index < -0.39 is 24.6 Å². The molecule has 0 aliphatic rings. The SMILES string of the molecule is COc1cc(C(=O)O[C@H](C)C(=O)Nc2ccnn2C(C)C)ccc1OC(F)F. The summed E-state index contributed by atoms with van der Waals surface area (Å²) in [6.07, 6.45) is 0.438. The molecular formula is C18H21F2N3O5. The van der Waals surface area contributed by atoms with Crippen molar-refractivity contribution in [2.75, 3.05) is 12.4 Å². The lowest BCUT2D eigenvalue weighted by Gasteiger charge is -2.16. The highest BCUT2D eigenvalue weighted by Crippen LogP contribution is 2.29. The number of nitrogens with one attached hydrogen (secondary N) is 1. The van der Waals surface area contributed by atoms with Gasteiger partial charge in [-0.1, -0.05) is 0 Å². The van der Waals surface area contributed by atoms with Crippen molar-refractivity contribution in [1.29, 1.82) is 0 Å². The van der Waals surface area contributed by atoms with Crippen LogP contribution < -0.4 is 14.8 Å². The lowest BCUT2D eigenvalue weighted by molar-refractivity contribution is -0.123. The van der Waals surface area contributed by atoms with Crippen LogP contribution in [-0.2, 0) is 9.53 Å². The number of benzene rings is 1. The third-order valence-electron chi connectivity index (χ3n) is 3.68. The molecule has 0 bridgehead atoms. The van der Waals surface area contributed by atoms with Crippen LogP contribution in [0.3, 0.4) is 0 Å². The molecule has 1 heterocycles. The van der Waals surface area contributed by atoms with Crippen LogP contribution in [0, 0.1) is 0 Å². The van der Waals surface area contributed by atoms with Crippen molar-refractivity contribution in [1.82, 2.24) is 9.78 Å². The number of aromatic nitrogens is 2. The molecule has 0 aliphatic heterocycles. The van der Waals surface area contributed by atoms with E-state index in [9.17, 15) is 18.4 Å². The number of hydrogen-bond acceptors (Lipinski definition) is 6. The molecule has 152 valence electrons. The second kappa shape index (κ2) is 9.16. The maximum Gasteiger partial charge on any atom is 0.387 e. The predicted molar refractivity (Wildman–Crippen MR) is 95.7 cm³/mol. The van der Waals surface area contributed by atoms with Gasteiger partial charge < -0.3 is 19.5 Å². The van der Waals surface area contributed by atoms with Crippen LogP contribution in [0.5, 0.6) is 11.5 Å². The van der Waals surface area contributed by atoms with Gasteiger partial charge in [-0.15, -0.1) is 0 Å². The number of halogens is 2. The summed E-state index contributed by atoms with van der Waals surface area (Å²) in [5.41, 5.74) is 0.0188. The summed E-state index contributed by atoms with van der Waals surface area (Å²) in [7, 11) is 1.25. The third-order valence-corrected chi connectivity index (χ3v) is 3.68. The molecule has 1 aromatic heterocycles. The highest BCUT2D eigenvalue weighted by Gasteiger charge is 2.22. The minimum Gasteiger partial charge on any atom is -0.493 e. The van der Waals surface area contributed by atoms with Crippen molar-refractivity contribution in [2.45, 2.75) is 39.5 Å². The van der Waals surface area contributed by atoms with E-state index in [0.717, 1.165) is 6.07 Å². The zero-order valence-electron chi connectivity index (χ0n) is 15.8. The second-order valence-corrected chi connectivity index (χ2v) is 6.04. The van der Waals surface area contributed by atoms with Crippen molar-refractivity contribution in [3.05, 3.63) is 36.0 Å². The van der Waals surface area contributed by atoms with Gasteiger partial charge >= 0.3 is 12.6 Å². The quantitative estimate of drug-likeness (QED) is 0.688. The van der Waals surface area contributed by atoms with Crippen molar-refractivity contribution >= 4 is 17.7 Å². The van der Waals surface area contributed by atoms with Crippen molar-refractivity contribution in [2.24, 2.45) is 0 Å². The summed E-state index contributed by atoms with van der Waals surface area (Å²) in [5.74, 6) is -1.17. The van der Waals surface area contributed by atoms with Crippen LogP contribution in [0.2, 0.25) is 0 Å². The first kappa shape index (κ1) is 21.1. The molecule has 28 heavy (non-hydrogen) atoms. The fraction of sp³-hybridized carbons (Fsp3) is 0.389. The molecule has 2 rings (SSSR count). The number of nitrogens with zero attached hydrogens (tertiary/aromatic N) is 2. The molecule has 0 radical (unpaired) electrons. The fourth-order valence-electron chi connectivity index (χ4n) is 2.32. The smallest absolute Gasteiger partial charge is 0.387 e. The molecule has 0 unspecified atom stereocenters. The van der Waals surface area contributed by atoms with E-state index in [0.29, 0.717) is 5.82 Å². The molecule has 1 amide bonds. The molecular weight excluding hydrogens is 376 g/mol. The van der Waals surface area contributed by atoms with Gasteiger partial charge in [0, 0.05) is 12.1 Å². The number of amides is 1.